The van der Waals surface area contributed by atoms with E-state index >= 15 is 0 Å². The second-order valence-corrected chi connectivity index (χ2v) is 10.5. The van der Waals surface area contributed by atoms with Gasteiger partial charge in [-0.15, -0.1) is 20.4 Å². The molecule has 0 radical (unpaired) electrons. The number of rotatable bonds is 7. The number of unbranched alkanes of at least 4 members (excludes halogenated alkanes) is 1. The van der Waals surface area contributed by atoms with Gasteiger partial charge < -0.3 is 4.57 Å². The van der Waals surface area contributed by atoms with Crippen molar-refractivity contribution in [2.45, 2.75) is 51.0 Å². The van der Waals surface area contributed by atoms with Gasteiger partial charge in [0.15, 0.2) is 0 Å². The minimum absolute atomic E-state index is 0.0665. The molecule has 2 unspecified atom stereocenters. The van der Waals surface area contributed by atoms with E-state index in [2.05, 4.69) is 72.9 Å². The highest BCUT2D eigenvalue weighted by Gasteiger charge is 2.38. The first-order valence-corrected chi connectivity index (χ1v) is 14.0. The molecular weight excluding hydrogens is 516 g/mol. The number of fused-ring (bicyclic) bond motifs is 2. The summed E-state index contributed by atoms with van der Waals surface area (Å²) in [5, 5.41) is 26.4. The van der Waals surface area contributed by atoms with Crippen LogP contribution in [0.15, 0.2) is 66.7 Å². The fourth-order valence-electron chi connectivity index (χ4n) is 6.24. The number of aromatic nitrogens is 7. The van der Waals surface area contributed by atoms with Gasteiger partial charge in [-0.2, -0.15) is 5.21 Å². The van der Waals surface area contributed by atoms with Gasteiger partial charge in [0.05, 0.1) is 17.2 Å². The van der Waals surface area contributed by atoms with Crippen LogP contribution in [0.25, 0.3) is 22.5 Å². The lowest BCUT2D eigenvalue weighted by Crippen LogP contribution is -2.26. The first-order chi connectivity index (χ1) is 20.1. The Hall–Kier alpha value is -4.99. The number of nitrogens with zero attached hydrogens (tertiary/aromatic N) is 6. The second-order valence-electron chi connectivity index (χ2n) is 10.5. The second kappa shape index (κ2) is 10.2. The Balaban J connectivity index is 1.27. The van der Waals surface area contributed by atoms with Crippen molar-refractivity contribution in [3.8, 4) is 22.5 Å². The van der Waals surface area contributed by atoms with Crippen LogP contribution in [0.4, 0.5) is 0 Å². The molecule has 0 spiro atoms. The van der Waals surface area contributed by atoms with E-state index in [4.69, 9.17) is 5.10 Å². The van der Waals surface area contributed by atoms with Gasteiger partial charge in [0.25, 0.3) is 11.8 Å². The summed E-state index contributed by atoms with van der Waals surface area (Å²) in [6, 6.07) is 22.2. The third-order valence-corrected chi connectivity index (χ3v) is 8.19. The minimum Gasteiger partial charge on any atom is -0.307 e. The Morgan fingerprint density at radius 3 is 2.44 bits per heavy atom. The van der Waals surface area contributed by atoms with Gasteiger partial charge >= 0.3 is 0 Å². The van der Waals surface area contributed by atoms with Crippen molar-refractivity contribution in [3.63, 3.8) is 0 Å². The number of hydrogen-bond donors (Lipinski definition) is 2. The van der Waals surface area contributed by atoms with Crippen molar-refractivity contribution in [1.82, 2.24) is 40.7 Å². The zero-order chi connectivity index (χ0) is 27.9. The maximum Gasteiger partial charge on any atom is 0.259 e. The quantitative estimate of drug-likeness (QED) is 0.280. The molecule has 2 aromatic heterocycles. The lowest BCUT2D eigenvalue weighted by atomic mass is 9.83. The van der Waals surface area contributed by atoms with Crippen LogP contribution in [0.5, 0.6) is 0 Å². The van der Waals surface area contributed by atoms with Gasteiger partial charge in [-0.05, 0) is 52.8 Å². The van der Waals surface area contributed by atoms with Gasteiger partial charge in [0.1, 0.15) is 11.6 Å². The van der Waals surface area contributed by atoms with Crippen molar-refractivity contribution < 1.29 is 9.59 Å². The Bertz CT molecular complexity index is 1760. The van der Waals surface area contributed by atoms with E-state index in [1.807, 2.05) is 30.3 Å². The smallest absolute Gasteiger partial charge is 0.259 e. The maximum atomic E-state index is 12.7. The number of nitrogens with one attached hydrogen (secondary N) is 2. The molecule has 2 atom stereocenters. The maximum absolute atomic E-state index is 12.7. The lowest BCUT2D eigenvalue weighted by molar-refractivity contribution is 0.0879. The molecule has 0 bridgehead atoms. The molecular formula is C31H28N8O2. The van der Waals surface area contributed by atoms with Crippen LogP contribution in [0.1, 0.15) is 88.1 Å². The molecule has 2 aliphatic heterocycles. The molecule has 4 heterocycles. The van der Waals surface area contributed by atoms with Crippen LogP contribution >= 0.6 is 0 Å². The van der Waals surface area contributed by atoms with E-state index in [-0.39, 0.29) is 23.8 Å². The molecule has 0 fully saturated rings. The predicted molar refractivity (Wildman–Crippen MR) is 151 cm³/mol. The molecule has 41 heavy (non-hydrogen) atoms. The fraction of sp³-hybridized carbons (Fsp3) is 0.258. The van der Waals surface area contributed by atoms with Gasteiger partial charge in [-0.25, -0.2) is 0 Å². The van der Waals surface area contributed by atoms with E-state index in [0.29, 0.717) is 17.0 Å². The van der Waals surface area contributed by atoms with Crippen LogP contribution in [0.2, 0.25) is 0 Å². The number of benzene rings is 3. The SMILES string of the molecule is CCCCc1nnc2n1C(c1ccc(-c3ccccc3-c3nn[nH]n3)cc1)CCC2c1cccc2c1C(=O)NC2=O. The monoisotopic (exact) mass is 544 g/mol. The normalized spacial score (nSPS) is 17.8. The molecule has 2 N–H and O–H groups in total. The van der Waals surface area contributed by atoms with Crippen molar-refractivity contribution in [3.05, 3.63) is 101 Å². The minimum atomic E-state index is -0.341. The standard InChI is InChI=1S/C31H28N8O2/c1-2-3-11-26-33-36-29-23(21-9-6-10-24-27(21)31(41)32-30(24)40)16-17-25(39(26)29)19-14-12-18(13-15-19)20-7-4-5-8-22(20)28-34-37-38-35-28/h4-10,12-15,23,25H,2-3,11,16-17H2,1H3,(H,32,40,41)(H,34,35,37,38). The summed E-state index contributed by atoms with van der Waals surface area (Å²) in [7, 11) is 0. The number of amides is 2. The first-order valence-electron chi connectivity index (χ1n) is 14.0. The zero-order valence-corrected chi connectivity index (χ0v) is 22.5. The molecule has 0 aliphatic carbocycles. The number of aryl methyl sites for hydroxylation is 1. The molecule has 0 saturated heterocycles. The van der Waals surface area contributed by atoms with E-state index < -0.39 is 0 Å². The largest absolute Gasteiger partial charge is 0.307 e. The Labute approximate surface area is 236 Å². The molecule has 2 amide bonds. The Morgan fingerprint density at radius 2 is 1.66 bits per heavy atom. The number of hydrogen-bond acceptors (Lipinski definition) is 7. The number of carbonyl (C=O) groups is 2. The van der Waals surface area contributed by atoms with Crippen molar-refractivity contribution in [2.75, 3.05) is 0 Å². The number of carbonyl (C=O) groups excluding carboxylic acids is 2. The number of aromatic amines is 1. The highest BCUT2D eigenvalue weighted by molar-refractivity contribution is 6.22. The predicted octanol–water partition coefficient (Wildman–Crippen LogP) is 4.87. The molecule has 204 valence electrons. The summed E-state index contributed by atoms with van der Waals surface area (Å²) >= 11 is 0. The van der Waals surface area contributed by atoms with Crippen LogP contribution in [0, 0.1) is 0 Å². The summed E-state index contributed by atoms with van der Waals surface area (Å²) < 4.78 is 2.28. The fourth-order valence-corrected chi connectivity index (χ4v) is 6.24. The summed E-state index contributed by atoms with van der Waals surface area (Å²) in [5.41, 5.74) is 5.92. The van der Waals surface area contributed by atoms with E-state index in [1.54, 1.807) is 6.07 Å². The van der Waals surface area contributed by atoms with Gasteiger partial charge in [-0.1, -0.05) is 74.0 Å². The van der Waals surface area contributed by atoms with Gasteiger partial charge in [-0.3, -0.25) is 14.9 Å². The molecule has 7 rings (SSSR count). The van der Waals surface area contributed by atoms with E-state index in [1.165, 1.54) is 5.56 Å². The number of H-pyrrole nitrogens is 1. The topological polar surface area (TPSA) is 131 Å². The zero-order valence-electron chi connectivity index (χ0n) is 22.5. The molecule has 2 aliphatic rings. The van der Waals surface area contributed by atoms with Crippen molar-refractivity contribution in [1.29, 1.82) is 0 Å². The average molecular weight is 545 g/mol. The Morgan fingerprint density at radius 1 is 0.854 bits per heavy atom. The van der Waals surface area contributed by atoms with Crippen LogP contribution in [0.3, 0.4) is 0 Å². The van der Waals surface area contributed by atoms with Crippen LogP contribution in [-0.2, 0) is 6.42 Å². The van der Waals surface area contributed by atoms with Crippen LogP contribution < -0.4 is 5.32 Å². The first kappa shape index (κ1) is 25.0. The summed E-state index contributed by atoms with van der Waals surface area (Å²) in [6.45, 7) is 2.17. The van der Waals surface area contributed by atoms with Gasteiger partial charge in [0, 0.05) is 17.9 Å². The van der Waals surface area contributed by atoms with Gasteiger partial charge in [0.2, 0.25) is 5.82 Å². The van der Waals surface area contributed by atoms with Crippen LogP contribution in [-0.4, -0.2) is 47.2 Å². The molecule has 0 saturated carbocycles. The molecule has 10 nitrogen and oxygen atoms in total. The summed E-state index contributed by atoms with van der Waals surface area (Å²) in [6.07, 6.45) is 4.54. The molecule has 3 aromatic carbocycles. The summed E-state index contributed by atoms with van der Waals surface area (Å²) in [4.78, 5) is 25.1. The van der Waals surface area contributed by atoms with E-state index in [0.717, 1.165) is 66.0 Å². The third-order valence-electron chi connectivity index (χ3n) is 8.19. The highest BCUT2D eigenvalue weighted by atomic mass is 16.2. The van der Waals surface area contributed by atoms with Crippen molar-refractivity contribution in [2.24, 2.45) is 0 Å². The molecule has 5 aromatic rings. The van der Waals surface area contributed by atoms with Crippen molar-refractivity contribution >= 4 is 11.8 Å². The number of tetrazole rings is 1. The summed E-state index contributed by atoms with van der Waals surface area (Å²) in [5.74, 6) is 1.56. The third kappa shape index (κ3) is 4.23. The highest BCUT2D eigenvalue weighted by Crippen LogP contribution is 2.43. The average Bonchev–Trinajstić information content (AvgIpc) is 3.76. The lowest BCUT2D eigenvalue weighted by Gasteiger charge is -2.32. The van der Waals surface area contributed by atoms with E-state index in [9.17, 15) is 9.59 Å². The molecule has 10 heteroatoms. The Kier molecular flexibility index (Phi) is 6.22. The number of imide groups is 1.